The van der Waals surface area contributed by atoms with Crippen LogP contribution in [0.2, 0.25) is 0 Å². The highest BCUT2D eigenvalue weighted by Gasteiger charge is 2.14. The zero-order chi connectivity index (χ0) is 17.5. The first-order valence-electron chi connectivity index (χ1n) is 8.12. The highest BCUT2D eigenvalue weighted by Crippen LogP contribution is 2.16. The van der Waals surface area contributed by atoms with Crippen molar-refractivity contribution in [2.24, 2.45) is 0 Å². The fourth-order valence-corrected chi connectivity index (χ4v) is 2.76. The molecule has 2 rings (SSSR count). The van der Waals surface area contributed by atoms with Gasteiger partial charge in [-0.1, -0.05) is 0 Å². The molecule has 2 aromatic heterocycles. The van der Waals surface area contributed by atoms with Crippen LogP contribution < -0.4 is 5.32 Å². The molecule has 1 amide bonds. The molecule has 1 N–H and O–H groups in total. The number of carbonyl (C=O) groups excluding carboxylic acids is 1. The predicted octanol–water partition coefficient (Wildman–Crippen LogP) is 2.62. The van der Waals surface area contributed by atoms with Crippen molar-refractivity contribution in [3.63, 3.8) is 0 Å². The Hall–Kier alpha value is -2.68. The maximum atomic E-state index is 12.2. The molecule has 126 valence electrons. The molecule has 0 aromatic carbocycles. The van der Waals surface area contributed by atoms with Crippen LogP contribution in [-0.2, 0) is 17.8 Å². The summed E-state index contributed by atoms with van der Waals surface area (Å²) in [5, 5.41) is 16.2. The van der Waals surface area contributed by atoms with Gasteiger partial charge in [-0.05, 0) is 50.5 Å². The van der Waals surface area contributed by atoms with E-state index in [1.807, 2.05) is 37.6 Å². The fourth-order valence-electron chi connectivity index (χ4n) is 2.76. The molecule has 0 fully saturated rings. The van der Waals surface area contributed by atoms with Crippen molar-refractivity contribution >= 4 is 5.91 Å². The number of rotatable bonds is 7. The van der Waals surface area contributed by atoms with Gasteiger partial charge in [-0.15, -0.1) is 0 Å². The minimum Gasteiger partial charge on any atom is -0.350 e. The number of carbonyl (C=O) groups is 1. The maximum absolute atomic E-state index is 12.2. The maximum Gasteiger partial charge on any atom is 0.220 e. The van der Waals surface area contributed by atoms with Crippen LogP contribution in [0.1, 0.15) is 48.3 Å². The van der Waals surface area contributed by atoms with E-state index in [4.69, 9.17) is 5.26 Å². The number of amides is 1. The highest BCUT2D eigenvalue weighted by atomic mass is 16.1. The average molecular weight is 325 g/mol. The number of hydrogen-bond donors (Lipinski definition) is 1. The second-order valence-corrected chi connectivity index (χ2v) is 5.85. The molecule has 6 nitrogen and oxygen atoms in total. The Balaban J connectivity index is 1.92. The van der Waals surface area contributed by atoms with Crippen LogP contribution in [0, 0.1) is 25.2 Å². The van der Waals surface area contributed by atoms with Crippen LogP contribution in [0.4, 0.5) is 0 Å². The quantitative estimate of drug-likeness (QED) is 0.848. The normalized spacial score (nSPS) is 11.8. The topological polar surface area (TPSA) is 83.6 Å². The zero-order valence-corrected chi connectivity index (χ0v) is 14.4. The third-order valence-electron chi connectivity index (χ3n) is 4.15. The van der Waals surface area contributed by atoms with Crippen LogP contribution in [0.5, 0.6) is 0 Å². The summed E-state index contributed by atoms with van der Waals surface area (Å²) in [5.74, 6) is 0.0166. The Labute approximate surface area is 142 Å². The summed E-state index contributed by atoms with van der Waals surface area (Å²) in [6, 6.07) is 5.89. The molecule has 0 spiro atoms. The first-order valence-corrected chi connectivity index (χ1v) is 8.12. The van der Waals surface area contributed by atoms with Crippen molar-refractivity contribution in [2.75, 3.05) is 0 Å². The Morgan fingerprint density at radius 2 is 2.08 bits per heavy atom. The number of hydrogen-bond acceptors (Lipinski definition) is 4. The van der Waals surface area contributed by atoms with E-state index in [1.54, 1.807) is 12.4 Å². The number of nitrogens with one attached hydrogen (secondary N) is 1. The van der Waals surface area contributed by atoms with Gasteiger partial charge in [-0.25, -0.2) is 0 Å². The lowest BCUT2D eigenvalue weighted by Gasteiger charge is -2.14. The SMILES string of the molecule is Cc1nn(CCC#N)c(C)c1CCC(=O)N[C@H](C)c1ccncc1. The molecule has 0 saturated heterocycles. The molecule has 0 aliphatic carbocycles. The van der Waals surface area contributed by atoms with E-state index < -0.39 is 0 Å². The zero-order valence-electron chi connectivity index (χ0n) is 14.4. The summed E-state index contributed by atoms with van der Waals surface area (Å²) < 4.78 is 1.85. The summed E-state index contributed by atoms with van der Waals surface area (Å²) in [5.41, 5.74) is 4.10. The standard InChI is InChI=1S/C18H23N5O/c1-13(16-7-10-20-11-8-16)21-18(24)6-5-17-14(2)22-23(15(17)3)12-4-9-19/h7-8,10-11,13H,4-6,12H2,1-3H3,(H,21,24)/t13-/m1/s1. The molecule has 2 heterocycles. The van der Waals surface area contributed by atoms with E-state index in [9.17, 15) is 4.79 Å². The average Bonchev–Trinajstić information content (AvgIpc) is 2.85. The second kappa shape index (κ2) is 8.25. The summed E-state index contributed by atoms with van der Waals surface area (Å²) in [6.45, 7) is 6.49. The van der Waals surface area contributed by atoms with E-state index in [2.05, 4.69) is 21.5 Å². The number of nitriles is 1. The monoisotopic (exact) mass is 325 g/mol. The number of aromatic nitrogens is 3. The fraction of sp³-hybridized carbons (Fsp3) is 0.444. The van der Waals surface area contributed by atoms with E-state index in [-0.39, 0.29) is 11.9 Å². The molecule has 2 aromatic rings. The molecule has 0 bridgehead atoms. The van der Waals surface area contributed by atoms with Crippen molar-refractivity contribution in [1.82, 2.24) is 20.1 Å². The Bertz CT molecular complexity index is 730. The minimum atomic E-state index is -0.0407. The Morgan fingerprint density at radius 3 is 2.75 bits per heavy atom. The summed E-state index contributed by atoms with van der Waals surface area (Å²) >= 11 is 0. The summed E-state index contributed by atoms with van der Waals surface area (Å²) in [6.07, 6.45) is 4.95. The lowest BCUT2D eigenvalue weighted by molar-refractivity contribution is -0.121. The van der Waals surface area contributed by atoms with Crippen LogP contribution >= 0.6 is 0 Å². The lowest BCUT2D eigenvalue weighted by atomic mass is 10.1. The van der Waals surface area contributed by atoms with Crippen LogP contribution in [0.3, 0.4) is 0 Å². The van der Waals surface area contributed by atoms with Gasteiger partial charge < -0.3 is 5.32 Å². The van der Waals surface area contributed by atoms with Crippen molar-refractivity contribution in [1.29, 1.82) is 5.26 Å². The largest absolute Gasteiger partial charge is 0.350 e. The highest BCUT2D eigenvalue weighted by molar-refractivity contribution is 5.76. The van der Waals surface area contributed by atoms with E-state index in [0.29, 0.717) is 25.8 Å². The molecule has 0 unspecified atom stereocenters. The molecule has 0 aliphatic rings. The second-order valence-electron chi connectivity index (χ2n) is 5.85. The minimum absolute atomic E-state index is 0.0166. The van der Waals surface area contributed by atoms with E-state index in [1.165, 1.54) is 0 Å². The van der Waals surface area contributed by atoms with Gasteiger partial charge >= 0.3 is 0 Å². The van der Waals surface area contributed by atoms with Gasteiger partial charge in [0.2, 0.25) is 5.91 Å². The predicted molar refractivity (Wildman–Crippen MR) is 91.0 cm³/mol. The number of nitrogens with zero attached hydrogens (tertiary/aromatic N) is 4. The van der Waals surface area contributed by atoms with Crippen molar-refractivity contribution in [3.8, 4) is 6.07 Å². The molecular formula is C18H23N5O. The van der Waals surface area contributed by atoms with E-state index in [0.717, 1.165) is 22.5 Å². The first-order chi connectivity index (χ1) is 11.5. The third-order valence-corrected chi connectivity index (χ3v) is 4.15. The lowest BCUT2D eigenvalue weighted by Crippen LogP contribution is -2.26. The Kier molecular flexibility index (Phi) is 6.07. The van der Waals surface area contributed by atoms with Crippen LogP contribution in [0.25, 0.3) is 0 Å². The molecule has 0 saturated carbocycles. The van der Waals surface area contributed by atoms with Gasteiger partial charge in [0.25, 0.3) is 0 Å². The van der Waals surface area contributed by atoms with Gasteiger partial charge in [-0.3, -0.25) is 14.5 Å². The smallest absolute Gasteiger partial charge is 0.220 e. The van der Waals surface area contributed by atoms with Gasteiger partial charge in [0, 0.05) is 24.5 Å². The van der Waals surface area contributed by atoms with Crippen LogP contribution in [-0.4, -0.2) is 20.7 Å². The number of pyridine rings is 1. The van der Waals surface area contributed by atoms with Gasteiger partial charge in [-0.2, -0.15) is 10.4 Å². The number of aryl methyl sites for hydroxylation is 2. The Morgan fingerprint density at radius 1 is 1.38 bits per heavy atom. The van der Waals surface area contributed by atoms with Crippen LogP contribution in [0.15, 0.2) is 24.5 Å². The summed E-state index contributed by atoms with van der Waals surface area (Å²) in [4.78, 5) is 16.2. The van der Waals surface area contributed by atoms with Crippen molar-refractivity contribution in [2.45, 2.75) is 52.6 Å². The van der Waals surface area contributed by atoms with Gasteiger partial charge in [0.1, 0.15) is 0 Å². The molecule has 6 heteroatoms. The van der Waals surface area contributed by atoms with Gasteiger partial charge in [0.05, 0.1) is 30.8 Å². The van der Waals surface area contributed by atoms with Crippen molar-refractivity contribution in [3.05, 3.63) is 47.0 Å². The molecule has 0 radical (unpaired) electrons. The third kappa shape index (κ3) is 4.42. The summed E-state index contributed by atoms with van der Waals surface area (Å²) in [7, 11) is 0. The van der Waals surface area contributed by atoms with Crippen molar-refractivity contribution < 1.29 is 4.79 Å². The molecule has 1 atom stereocenters. The molecule has 24 heavy (non-hydrogen) atoms. The molecular weight excluding hydrogens is 302 g/mol. The first kappa shape index (κ1) is 17.7. The molecule has 0 aliphatic heterocycles. The van der Waals surface area contributed by atoms with Gasteiger partial charge in [0.15, 0.2) is 0 Å². The van der Waals surface area contributed by atoms with E-state index >= 15 is 0 Å².